The van der Waals surface area contributed by atoms with Crippen molar-refractivity contribution in [1.29, 1.82) is 0 Å². The summed E-state index contributed by atoms with van der Waals surface area (Å²) in [6, 6.07) is 0.807. The second-order valence-corrected chi connectivity index (χ2v) is 7.37. The molecule has 124 valence electrons. The molecule has 2 aliphatic carbocycles. The highest BCUT2D eigenvalue weighted by atomic mass is 16.3. The van der Waals surface area contributed by atoms with E-state index in [0.29, 0.717) is 12.0 Å². The molecular formula is C18H36N2O. The number of nitrogens with zero attached hydrogens (tertiary/aromatic N) is 1. The van der Waals surface area contributed by atoms with Gasteiger partial charge in [-0.25, -0.2) is 0 Å². The van der Waals surface area contributed by atoms with E-state index in [0.717, 1.165) is 25.6 Å². The minimum absolute atomic E-state index is 0.338. The van der Waals surface area contributed by atoms with Gasteiger partial charge in [-0.1, -0.05) is 32.6 Å². The topological polar surface area (TPSA) is 35.5 Å². The molecule has 0 atom stereocenters. The van der Waals surface area contributed by atoms with Gasteiger partial charge in [0.1, 0.15) is 0 Å². The zero-order chi connectivity index (χ0) is 15.0. The molecule has 0 aromatic rings. The Morgan fingerprint density at radius 1 is 1.14 bits per heavy atom. The van der Waals surface area contributed by atoms with Crippen LogP contribution >= 0.6 is 0 Å². The monoisotopic (exact) mass is 296 g/mol. The Morgan fingerprint density at radius 2 is 1.90 bits per heavy atom. The van der Waals surface area contributed by atoms with E-state index in [1.165, 1.54) is 70.9 Å². The molecule has 2 N–H and O–H groups in total. The predicted octanol–water partition coefficient (Wildman–Crippen LogP) is 3.17. The second-order valence-electron chi connectivity index (χ2n) is 7.37. The van der Waals surface area contributed by atoms with Crippen molar-refractivity contribution in [2.75, 3.05) is 32.8 Å². The summed E-state index contributed by atoms with van der Waals surface area (Å²) in [5.74, 6) is 0. The van der Waals surface area contributed by atoms with Gasteiger partial charge in [-0.3, -0.25) is 4.90 Å². The van der Waals surface area contributed by atoms with Crippen molar-refractivity contribution in [3.63, 3.8) is 0 Å². The number of nitrogens with one attached hydrogen (secondary N) is 1. The summed E-state index contributed by atoms with van der Waals surface area (Å²) in [5.41, 5.74) is 0.498. The molecule has 0 unspecified atom stereocenters. The first-order valence-electron chi connectivity index (χ1n) is 9.35. The van der Waals surface area contributed by atoms with E-state index >= 15 is 0 Å². The van der Waals surface area contributed by atoms with Crippen LogP contribution in [0.1, 0.15) is 71.1 Å². The standard InChI is InChI=1S/C18H36N2O/c1-2-12-19-15-18(10-4-3-5-11-18)16-20(13-7-14-21)17-8-6-9-17/h17,19,21H,2-16H2,1H3. The molecule has 2 aliphatic rings. The van der Waals surface area contributed by atoms with E-state index in [1.54, 1.807) is 0 Å². The molecule has 0 aliphatic heterocycles. The Morgan fingerprint density at radius 3 is 2.48 bits per heavy atom. The first-order valence-corrected chi connectivity index (χ1v) is 9.35. The lowest BCUT2D eigenvalue weighted by Crippen LogP contribution is -2.50. The van der Waals surface area contributed by atoms with Gasteiger partial charge < -0.3 is 10.4 Å². The summed E-state index contributed by atoms with van der Waals surface area (Å²) in [4.78, 5) is 2.72. The van der Waals surface area contributed by atoms with Crippen LogP contribution in [0, 0.1) is 5.41 Å². The van der Waals surface area contributed by atoms with Crippen LogP contribution in [0.5, 0.6) is 0 Å². The molecule has 0 aromatic heterocycles. The molecule has 2 saturated carbocycles. The smallest absolute Gasteiger partial charge is 0.0443 e. The fourth-order valence-electron chi connectivity index (χ4n) is 4.07. The Kier molecular flexibility index (Phi) is 7.48. The first-order chi connectivity index (χ1) is 10.3. The summed E-state index contributed by atoms with van der Waals surface area (Å²) < 4.78 is 0. The quantitative estimate of drug-likeness (QED) is 0.608. The van der Waals surface area contributed by atoms with Crippen molar-refractivity contribution in [1.82, 2.24) is 10.2 Å². The van der Waals surface area contributed by atoms with Gasteiger partial charge in [0.05, 0.1) is 0 Å². The van der Waals surface area contributed by atoms with Crippen LogP contribution in [0.2, 0.25) is 0 Å². The number of hydrogen-bond acceptors (Lipinski definition) is 3. The lowest BCUT2D eigenvalue weighted by molar-refractivity contribution is 0.0421. The molecule has 2 rings (SSSR count). The van der Waals surface area contributed by atoms with Crippen molar-refractivity contribution in [2.45, 2.75) is 77.2 Å². The summed E-state index contributed by atoms with van der Waals surface area (Å²) in [6.45, 7) is 7.29. The van der Waals surface area contributed by atoms with Crippen LogP contribution in [-0.2, 0) is 0 Å². The highest BCUT2D eigenvalue weighted by Crippen LogP contribution is 2.38. The van der Waals surface area contributed by atoms with Gasteiger partial charge in [0.2, 0.25) is 0 Å². The lowest BCUT2D eigenvalue weighted by atomic mass is 9.72. The van der Waals surface area contributed by atoms with Crippen LogP contribution in [0.4, 0.5) is 0 Å². The Balaban J connectivity index is 1.92. The summed E-state index contributed by atoms with van der Waals surface area (Å²) >= 11 is 0. The van der Waals surface area contributed by atoms with E-state index < -0.39 is 0 Å². The van der Waals surface area contributed by atoms with Gasteiger partial charge in [0.25, 0.3) is 0 Å². The highest BCUT2D eigenvalue weighted by molar-refractivity contribution is 4.91. The Bertz CT molecular complexity index is 272. The van der Waals surface area contributed by atoms with Gasteiger partial charge in [-0.15, -0.1) is 0 Å². The maximum absolute atomic E-state index is 9.19. The average Bonchev–Trinajstić information content (AvgIpc) is 2.44. The van der Waals surface area contributed by atoms with Crippen molar-refractivity contribution in [3.05, 3.63) is 0 Å². The van der Waals surface area contributed by atoms with E-state index in [9.17, 15) is 5.11 Å². The molecular weight excluding hydrogens is 260 g/mol. The highest BCUT2D eigenvalue weighted by Gasteiger charge is 2.36. The van der Waals surface area contributed by atoms with Crippen LogP contribution < -0.4 is 5.32 Å². The zero-order valence-electron chi connectivity index (χ0n) is 14.1. The molecule has 0 bridgehead atoms. The summed E-state index contributed by atoms with van der Waals surface area (Å²) in [7, 11) is 0. The van der Waals surface area contributed by atoms with E-state index in [4.69, 9.17) is 0 Å². The molecule has 3 nitrogen and oxygen atoms in total. The van der Waals surface area contributed by atoms with Crippen LogP contribution in [0.15, 0.2) is 0 Å². The van der Waals surface area contributed by atoms with Crippen LogP contribution in [-0.4, -0.2) is 48.8 Å². The van der Waals surface area contributed by atoms with Crippen molar-refractivity contribution in [2.24, 2.45) is 5.41 Å². The molecule has 21 heavy (non-hydrogen) atoms. The van der Waals surface area contributed by atoms with E-state index in [-0.39, 0.29) is 0 Å². The Labute approximate surface area is 131 Å². The fourth-order valence-corrected chi connectivity index (χ4v) is 4.07. The largest absolute Gasteiger partial charge is 0.396 e. The SMILES string of the molecule is CCCNCC1(CN(CCCO)C2CCC2)CCCCC1. The first kappa shape index (κ1) is 17.2. The van der Waals surface area contributed by atoms with Gasteiger partial charge in [-0.2, -0.15) is 0 Å². The fraction of sp³-hybridized carbons (Fsp3) is 1.00. The van der Waals surface area contributed by atoms with E-state index in [1.807, 2.05) is 0 Å². The molecule has 0 radical (unpaired) electrons. The molecule has 0 spiro atoms. The third kappa shape index (κ3) is 5.22. The van der Waals surface area contributed by atoms with Crippen LogP contribution in [0.25, 0.3) is 0 Å². The van der Waals surface area contributed by atoms with Gasteiger partial charge in [0, 0.05) is 32.3 Å². The van der Waals surface area contributed by atoms with E-state index in [2.05, 4.69) is 17.1 Å². The lowest BCUT2D eigenvalue weighted by Gasteiger charge is -2.46. The molecule has 0 aromatic carbocycles. The average molecular weight is 296 g/mol. The maximum atomic E-state index is 9.19. The summed E-state index contributed by atoms with van der Waals surface area (Å²) in [5, 5.41) is 12.9. The van der Waals surface area contributed by atoms with Gasteiger partial charge in [-0.05, 0) is 50.5 Å². The second kappa shape index (κ2) is 9.12. The van der Waals surface area contributed by atoms with Crippen LogP contribution in [0.3, 0.4) is 0 Å². The summed E-state index contributed by atoms with van der Waals surface area (Å²) in [6.07, 6.45) is 13.4. The van der Waals surface area contributed by atoms with Gasteiger partial charge >= 0.3 is 0 Å². The third-order valence-electron chi connectivity index (χ3n) is 5.57. The molecule has 0 saturated heterocycles. The molecule has 0 amide bonds. The van der Waals surface area contributed by atoms with Crippen molar-refractivity contribution >= 4 is 0 Å². The normalized spacial score (nSPS) is 22.4. The minimum atomic E-state index is 0.338. The van der Waals surface area contributed by atoms with Gasteiger partial charge in [0.15, 0.2) is 0 Å². The minimum Gasteiger partial charge on any atom is -0.396 e. The van der Waals surface area contributed by atoms with Crippen molar-refractivity contribution in [3.8, 4) is 0 Å². The number of aliphatic hydroxyl groups is 1. The number of aliphatic hydroxyl groups excluding tert-OH is 1. The molecule has 2 fully saturated rings. The third-order valence-corrected chi connectivity index (χ3v) is 5.57. The maximum Gasteiger partial charge on any atom is 0.0443 e. The zero-order valence-corrected chi connectivity index (χ0v) is 14.1. The number of hydrogen-bond donors (Lipinski definition) is 2. The predicted molar refractivity (Wildman–Crippen MR) is 89.6 cm³/mol. The molecule has 3 heteroatoms. The number of rotatable bonds is 10. The van der Waals surface area contributed by atoms with Crippen molar-refractivity contribution < 1.29 is 5.11 Å². The Hall–Kier alpha value is -0.120. The molecule has 0 heterocycles.